The van der Waals surface area contributed by atoms with Crippen LogP contribution in [0.4, 0.5) is 5.13 Å². The lowest BCUT2D eigenvalue weighted by Gasteiger charge is -2.10. The molecule has 1 amide bonds. The van der Waals surface area contributed by atoms with E-state index >= 15 is 0 Å². The summed E-state index contributed by atoms with van der Waals surface area (Å²) in [7, 11) is 1.81. The summed E-state index contributed by atoms with van der Waals surface area (Å²) >= 11 is 1.27. The second kappa shape index (κ2) is 3.29. The van der Waals surface area contributed by atoms with Crippen LogP contribution in [-0.4, -0.2) is 39.8 Å². The second-order valence-electron chi connectivity index (χ2n) is 2.99. The van der Waals surface area contributed by atoms with E-state index in [4.69, 9.17) is 0 Å². The van der Waals surface area contributed by atoms with Crippen molar-refractivity contribution in [2.45, 2.75) is 12.5 Å². The second-order valence-corrected chi connectivity index (χ2v) is 3.77. The molecule has 1 saturated heterocycles. The van der Waals surface area contributed by atoms with Gasteiger partial charge in [-0.3, -0.25) is 4.79 Å². The Labute approximate surface area is 79.9 Å². The molecule has 1 aromatic rings. The predicted molar refractivity (Wildman–Crippen MR) is 49.6 cm³/mol. The monoisotopic (exact) mass is 198 g/mol. The normalized spacial score (nSPS) is 22.4. The summed E-state index contributed by atoms with van der Waals surface area (Å²) in [5, 5.41) is 3.77. The molecule has 1 aromatic heterocycles. The minimum absolute atomic E-state index is 0.113. The zero-order valence-electron chi connectivity index (χ0n) is 7.23. The van der Waals surface area contributed by atoms with E-state index in [0.717, 1.165) is 13.0 Å². The lowest BCUT2D eigenvalue weighted by atomic mass is 10.2. The van der Waals surface area contributed by atoms with Crippen molar-refractivity contribution >= 4 is 22.6 Å². The molecule has 0 bridgehead atoms. The number of anilines is 1. The highest BCUT2D eigenvalue weighted by molar-refractivity contribution is 7.09. The van der Waals surface area contributed by atoms with Crippen molar-refractivity contribution in [3.8, 4) is 0 Å². The van der Waals surface area contributed by atoms with Crippen molar-refractivity contribution in [3.05, 3.63) is 6.33 Å². The van der Waals surface area contributed by atoms with Crippen molar-refractivity contribution in [1.29, 1.82) is 0 Å². The van der Waals surface area contributed by atoms with Gasteiger partial charge in [0.25, 0.3) is 0 Å². The van der Waals surface area contributed by atoms with E-state index in [1.807, 2.05) is 7.05 Å². The highest BCUT2D eigenvalue weighted by Gasteiger charge is 2.29. The Morgan fingerprint density at radius 3 is 3.15 bits per heavy atom. The molecule has 70 valence electrons. The summed E-state index contributed by atoms with van der Waals surface area (Å²) < 4.78 is 3.85. The van der Waals surface area contributed by atoms with Crippen molar-refractivity contribution in [3.63, 3.8) is 0 Å². The molecular weight excluding hydrogens is 188 g/mol. The highest BCUT2D eigenvalue weighted by Crippen LogP contribution is 2.15. The van der Waals surface area contributed by atoms with Gasteiger partial charge in [-0.15, -0.1) is 0 Å². The number of nitrogens with one attached hydrogen (secondary N) is 1. The van der Waals surface area contributed by atoms with Crippen molar-refractivity contribution in [2.24, 2.45) is 0 Å². The van der Waals surface area contributed by atoms with Gasteiger partial charge < -0.3 is 10.2 Å². The SMILES string of the molecule is CN1CCC(Nc2ncns2)C1=O. The fourth-order valence-corrected chi connectivity index (χ4v) is 1.83. The van der Waals surface area contributed by atoms with Crippen LogP contribution in [-0.2, 0) is 4.79 Å². The summed E-state index contributed by atoms with van der Waals surface area (Å²) in [5.74, 6) is 0.134. The molecule has 0 radical (unpaired) electrons. The topological polar surface area (TPSA) is 58.1 Å². The first-order chi connectivity index (χ1) is 6.27. The molecule has 1 unspecified atom stereocenters. The molecule has 5 nitrogen and oxygen atoms in total. The van der Waals surface area contributed by atoms with E-state index in [0.29, 0.717) is 5.13 Å². The third-order valence-corrected chi connectivity index (χ3v) is 2.68. The van der Waals surface area contributed by atoms with E-state index in [-0.39, 0.29) is 11.9 Å². The molecule has 1 fully saturated rings. The smallest absolute Gasteiger partial charge is 0.244 e. The first-order valence-electron chi connectivity index (χ1n) is 4.05. The first kappa shape index (κ1) is 8.43. The number of likely N-dealkylation sites (tertiary alicyclic amines) is 1. The maximum Gasteiger partial charge on any atom is 0.244 e. The van der Waals surface area contributed by atoms with Crippen LogP contribution in [0.1, 0.15) is 6.42 Å². The van der Waals surface area contributed by atoms with Crippen LogP contribution in [0.5, 0.6) is 0 Å². The third-order valence-electron chi connectivity index (χ3n) is 2.09. The first-order valence-corrected chi connectivity index (χ1v) is 4.83. The highest BCUT2D eigenvalue weighted by atomic mass is 32.1. The lowest BCUT2D eigenvalue weighted by Crippen LogP contribution is -2.30. The van der Waals surface area contributed by atoms with Crippen LogP contribution in [0, 0.1) is 0 Å². The fourth-order valence-electron chi connectivity index (χ4n) is 1.34. The van der Waals surface area contributed by atoms with Crippen molar-refractivity contribution in [1.82, 2.24) is 14.3 Å². The molecule has 0 aliphatic carbocycles. The Kier molecular flexibility index (Phi) is 2.13. The molecule has 0 spiro atoms. The third kappa shape index (κ3) is 1.62. The number of hydrogen-bond donors (Lipinski definition) is 1. The largest absolute Gasteiger partial charge is 0.348 e. The van der Waals surface area contributed by atoms with Gasteiger partial charge >= 0.3 is 0 Å². The molecule has 1 atom stereocenters. The molecule has 2 rings (SSSR count). The van der Waals surface area contributed by atoms with Gasteiger partial charge in [0.15, 0.2) is 0 Å². The molecule has 1 N–H and O–H groups in total. The number of hydrogen-bond acceptors (Lipinski definition) is 5. The lowest BCUT2D eigenvalue weighted by molar-refractivity contribution is -0.127. The summed E-state index contributed by atoms with van der Waals surface area (Å²) in [6, 6.07) is -0.113. The average Bonchev–Trinajstić information content (AvgIpc) is 2.71. The zero-order valence-corrected chi connectivity index (χ0v) is 8.04. The van der Waals surface area contributed by atoms with Gasteiger partial charge in [0, 0.05) is 25.1 Å². The van der Waals surface area contributed by atoms with E-state index in [2.05, 4.69) is 14.7 Å². The quantitative estimate of drug-likeness (QED) is 0.736. The summed E-state index contributed by atoms with van der Waals surface area (Å²) in [4.78, 5) is 17.1. The van der Waals surface area contributed by atoms with E-state index < -0.39 is 0 Å². The molecule has 0 aromatic carbocycles. The van der Waals surface area contributed by atoms with Gasteiger partial charge in [-0.1, -0.05) is 0 Å². The summed E-state index contributed by atoms with van der Waals surface area (Å²) in [6.07, 6.45) is 2.32. The van der Waals surface area contributed by atoms with Gasteiger partial charge in [-0.05, 0) is 6.42 Å². The zero-order chi connectivity index (χ0) is 9.26. The average molecular weight is 198 g/mol. The van der Waals surface area contributed by atoms with Crippen molar-refractivity contribution < 1.29 is 4.79 Å². The van der Waals surface area contributed by atoms with Gasteiger partial charge in [-0.25, -0.2) is 4.98 Å². The molecule has 1 aliphatic rings. The molecule has 13 heavy (non-hydrogen) atoms. The molecule has 6 heteroatoms. The van der Waals surface area contributed by atoms with Gasteiger partial charge in [-0.2, -0.15) is 4.37 Å². The van der Waals surface area contributed by atoms with Crippen LogP contribution in [0.2, 0.25) is 0 Å². The van der Waals surface area contributed by atoms with Crippen LogP contribution in [0.3, 0.4) is 0 Å². The van der Waals surface area contributed by atoms with Gasteiger partial charge in [0.1, 0.15) is 12.4 Å². The number of carbonyl (C=O) groups is 1. The van der Waals surface area contributed by atoms with Crippen LogP contribution < -0.4 is 5.32 Å². The van der Waals surface area contributed by atoms with Gasteiger partial charge in [0.05, 0.1) is 0 Å². The number of aromatic nitrogens is 2. The maximum atomic E-state index is 11.5. The minimum Gasteiger partial charge on any atom is -0.348 e. The molecule has 2 heterocycles. The number of likely N-dealkylation sites (N-methyl/N-ethyl adjacent to an activating group) is 1. The maximum absolute atomic E-state index is 11.5. The van der Waals surface area contributed by atoms with Crippen LogP contribution in [0.15, 0.2) is 6.33 Å². The minimum atomic E-state index is -0.113. The van der Waals surface area contributed by atoms with E-state index in [9.17, 15) is 4.79 Å². The number of rotatable bonds is 2. The number of carbonyl (C=O) groups excluding carboxylic acids is 1. The predicted octanol–water partition coefficient (Wildman–Crippen LogP) is 0.181. The van der Waals surface area contributed by atoms with Crippen LogP contribution in [0.25, 0.3) is 0 Å². The number of nitrogens with zero attached hydrogens (tertiary/aromatic N) is 3. The Morgan fingerprint density at radius 1 is 1.77 bits per heavy atom. The standard InChI is InChI=1S/C7H10N4OS/c1-11-3-2-5(6(11)12)10-7-8-4-9-13-7/h4-5H,2-3H2,1H3,(H,8,9,10). The molecule has 0 saturated carbocycles. The van der Waals surface area contributed by atoms with E-state index in [1.165, 1.54) is 17.9 Å². The summed E-state index contributed by atoms with van der Waals surface area (Å²) in [5.41, 5.74) is 0. The molecular formula is C7H10N4OS. The van der Waals surface area contributed by atoms with Crippen molar-refractivity contribution in [2.75, 3.05) is 18.9 Å². The molecule has 1 aliphatic heterocycles. The Morgan fingerprint density at radius 2 is 2.62 bits per heavy atom. The summed E-state index contributed by atoms with van der Waals surface area (Å²) in [6.45, 7) is 0.815. The van der Waals surface area contributed by atoms with Crippen LogP contribution >= 0.6 is 11.5 Å². The Hall–Kier alpha value is -1.17. The fraction of sp³-hybridized carbons (Fsp3) is 0.571. The Bertz CT molecular complexity index is 299. The number of amides is 1. The van der Waals surface area contributed by atoms with E-state index in [1.54, 1.807) is 4.90 Å². The van der Waals surface area contributed by atoms with Gasteiger partial charge in [0.2, 0.25) is 11.0 Å². The Balaban J connectivity index is 2.00.